The van der Waals surface area contributed by atoms with Gasteiger partial charge >= 0.3 is 6.36 Å². The van der Waals surface area contributed by atoms with Crippen molar-refractivity contribution in [3.05, 3.63) is 78.6 Å². The first kappa shape index (κ1) is 20.7. The number of carbonyl (C=O) groups is 1. The summed E-state index contributed by atoms with van der Waals surface area (Å²) in [5.74, 6) is -0.0835. The monoisotopic (exact) mass is 445 g/mol. The van der Waals surface area contributed by atoms with E-state index in [1.807, 2.05) is 0 Å². The second-order valence-electron chi connectivity index (χ2n) is 6.27. The van der Waals surface area contributed by atoms with Gasteiger partial charge in [-0.15, -0.1) is 13.2 Å². The number of nitrogens with one attached hydrogen (secondary N) is 1. The predicted molar refractivity (Wildman–Crippen MR) is 106 cm³/mol. The molecule has 1 aromatic carbocycles. The van der Waals surface area contributed by atoms with Crippen LogP contribution >= 0.6 is 11.8 Å². The molecule has 0 aliphatic rings. The molecular formula is C20H14F3N5O2S. The highest BCUT2D eigenvalue weighted by atomic mass is 32.2. The van der Waals surface area contributed by atoms with Gasteiger partial charge in [0.2, 0.25) is 5.78 Å². The van der Waals surface area contributed by atoms with Crippen LogP contribution in [0.1, 0.15) is 16.1 Å². The number of hydrogen-bond acceptors (Lipinski definition) is 6. The van der Waals surface area contributed by atoms with E-state index in [1.165, 1.54) is 36.2 Å². The number of benzene rings is 1. The zero-order valence-corrected chi connectivity index (χ0v) is 16.5. The van der Waals surface area contributed by atoms with E-state index in [0.717, 1.165) is 4.90 Å². The standard InChI is InChI=1S/C20H14F3N5O2S/c21-20(22,23)30-15-2-1-3-16(8-15)31-17-5-4-14(25-11-17)10-26-18(29)13-9-27-19-24-6-7-28(19)12-13/h1-9,11-12H,10H2,(H,26,29). The Kier molecular flexibility index (Phi) is 5.76. The van der Waals surface area contributed by atoms with Gasteiger partial charge < -0.3 is 10.1 Å². The van der Waals surface area contributed by atoms with E-state index in [2.05, 4.69) is 25.0 Å². The Morgan fingerprint density at radius 1 is 1.10 bits per heavy atom. The number of alkyl halides is 3. The molecule has 0 atom stereocenters. The highest BCUT2D eigenvalue weighted by Crippen LogP contribution is 2.31. The summed E-state index contributed by atoms with van der Waals surface area (Å²) in [6.45, 7) is 0.209. The molecule has 0 radical (unpaired) electrons. The molecule has 3 aromatic heterocycles. The van der Waals surface area contributed by atoms with Crippen LogP contribution in [0.25, 0.3) is 5.78 Å². The number of halogens is 3. The fourth-order valence-electron chi connectivity index (χ4n) is 2.65. The van der Waals surface area contributed by atoms with Gasteiger partial charge in [-0.3, -0.25) is 14.2 Å². The number of imidazole rings is 1. The molecule has 7 nitrogen and oxygen atoms in total. The summed E-state index contributed by atoms with van der Waals surface area (Å²) < 4.78 is 42.7. The molecule has 31 heavy (non-hydrogen) atoms. The zero-order valence-electron chi connectivity index (χ0n) is 15.7. The maximum atomic E-state index is 12.4. The topological polar surface area (TPSA) is 81.4 Å². The van der Waals surface area contributed by atoms with Gasteiger partial charge in [0.25, 0.3) is 5.91 Å². The van der Waals surface area contributed by atoms with E-state index in [9.17, 15) is 18.0 Å². The van der Waals surface area contributed by atoms with Crippen molar-refractivity contribution >= 4 is 23.4 Å². The third-order valence-corrected chi connectivity index (χ3v) is 4.98. The number of fused-ring (bicyclic) bond motifs is 1. The summed E-state index contributed by atoms with van der Waals surface area (Å²) in [6.07, 6.45) is 3.21. The zero-order chi connectivity index (χ0) is 21.8. The van der Waals surface area contributed by atoms with Crippen molar-refractivity contribution in [2.24, 2.45) is 0 Å². The van der Waals surface area contributed by atoms with Gasteiger partial charge in [-0.2, -0.15) is 0 Å². The second-order valence-corrected chi connectivity index (χ2v) is 7.42. The fourth-order valence-corrected chi connectivity index (χ4v) is 3.49. The lowest BCUT2D eigenvalue weighted by molar-refractivity contribution is -0.274. The molecule has 1 N–H and O–H groups in total. The highest BCUT2D eigenvalue weighted by Gasteiger charge is 2.31. The van der Waals surface area contributed by atoms with Crippen LogP contribution in [-0.4, -0.2) is 31.6 Å². The molecule has 0 spiro atoms. The maximum absolute atomic E-state index is 12.4. The Labute approximate surface area is 178 Å². The summed E-state index contributed by atoms with van der Waals surface area (Å²) in [7, 11) is 0. The van der Waals surface area contributed by atoms with Gasteiger partial charge in [-0.25, -0.2) is 9.97 Å². The van der Waals surface area contributed by atoms with Gasteiger partial charge in [0.1, 0.15) is 5.75 Å². The SMILES string of the molecule is O=C(NCc1ccc(Sc2cccc(OC(F)(F)F)c2)cn1)c1cnc2nccn2c1. The molecule has 0 unspecified atom stereocenters. The third-order valence-electron chi connectivity index (χ3n) is 4.01. The normalized spacial score (nSPS) is 11.5. The van der Waals surface area contributed by atoms with Crippen molar-refractivity contribution in [2.45, 2.75) is 22.7 Å². The van der Waals surface area contributed by atoms with Crippen LogP contribution in [0.3, 0.4) is 0 Å². The first-order valence-corrected chi connectivity index (χ1v) is 9.73. The molecule has 158 valence electrons. The molecule has 4 rings (SSSR count). The summed E-state index contributed by atoms with van der Waals surface area (Å²) in [4.78, 5) is 26.0. The van der Waals surface area contributed by atoms with E-state index >= 15 is 0 Å². The van der Waals surface area contributed by atoms with Gasteiger partial charge in [0, 0.05) is 40.8 Å². The Bertz CT molecular complexity index is 1210. The van der Waals surface area contributed by atoms with Crippen LogP contribution < -0.4 is 10.1 Å². The fraction of sp³-hybridized carbons (Fsp3) is 0.100. The van der Waals surface area contributed by atoms with Crippen molar-refractivity contribution in [1.29, 1.82) is 0 Å². The van der Waals surface area contributed by atoms with Crippen molar-refractivity contribution in [1.82, 2.24) is 24.7 Å². The van der Waals surface area contributed by atoms with Crippen LogP contribution in [0.5, 0.6) is 5.75 Å². The molecule has 0 saturated carbocycles. The minimum atomic E-state index is -4.74. The Balaban J connectivity index is 1.35. The Morgan fingerprint density at radius 3 is 2.74 bits per heavy atom. The summed E-state index contributed by atoms with van der Waals surface area (Å²) in [6, 6.07) is 9.20. The molecule has 0 bridgehead atoms. The molecule has 0 fully saturated rings. The lowest BCUT2D eigenvalue weighted by atomic mass is 10.3. The number of pyridine rings is 1. The number of amides is 1. The number of ether oxygens (including phenoxy) is 1. The maximum Gasteiger partial charge on any atom is 0.573 e. The highest BCUT2D eigenvalue weighted by molar-refractivity contribution is 7.99. The summed E-state index contributed by atoms with van der Waals surface area (Å²) in [5.41, 5.74) is 1.02. The van der Waals surface area contributed by atoms with Crippen molar-refractivity contribution in [2.75, 3.05) is 0 Å². The second kappa shape index (κ2) is 8.64. The van der Waals surface area contributed by atoms with Crippen LogP contribution in [0.4, 0.5) is 13.2 Å². The van der Waals surface area contributed by atoms with Gasteiger partial charge in [0.05, 0.1) is 17.8 Å². The van der Waals surface area contributed by atoms with Crippen LogP contribution in [-0.2, 0) is 6.54 Å². The van der Waals surface area contributed by atoms with Gasteiger partial charge in [-0.1, -0.05) is 17.8 Å². The number of rotatable bonds is 6. The smallest absolute Gasteiger partial charge is 0.406 e. The van der Waals surface area contributed by atoms with E-state index in [1.54, 1.807) is 47.4 Å². The van der Waals surface area contributed by atoms with Crippen molar-refractivity contribution < 1.29 is 22.7 Å². The van der Waals surface area contributed by atoms with Crippen LogP contribution in [0.2, 0.25) is 0 Å². The van der Waals surface area contributed by atoms with Crippen molar-refractivity contribution in [3.8, 4) is 5.75 Å². The van der Waals surface area contributed by atoms with Crippen LogP contribution in [0.15, 0.2) is 77.2 Å². The minimum Gasteiger partial charge on any atom is -0.406 e. The molecule has 1 amide bonds. The van der Waals surface area contributed by atoms with Gasteiger partial charge in [0.15, 0.2) is 0 Å². The molecule has 0 saturated heterocycles. The first-order valence-electron chi connectivity index (χ1n) is 8.91. The van der Waals surface area contributed by atoms with E-state index in [4.69, 9.17) is 0 Å². The summed E-state index contributed by atoms with van der Waals surface area (Å²) in [5, 5.41) is 2.77. The average molecular weight is 445 g/mol. The Hall–Kier alpha value is -3.60. The molecule has 4 aromatic rings. The van der Waals surface area contributed by atoms with Crippen molar-refractivity contribution in [3.63, 3.8) is 0 Å². The number of aromatic nitrogens is 4. The number of hydrogen-bond donors (Lipinski definition) is 1. The molecule has 3 heterocycles. The third kappa shape index (κ3) is 5.51. The summed E-state index contributed by atoms with van der Waals surface area (Å²) >= 11 is 1.25. The average Bonchev–Trinajstić information content (AvgIpc) is 3.20. The minimum absolute atomic E-state index is 0.209. The van der Waals surface area contributed by atoms with Gasteiger partial charge in [-0.05, 0) is 30.3 Å². The molecule has 0 aliphatic carbocycles. The largest absolute Gasteiger partial charge is 0.573 e. The van der Waals surface area contributed by atoms with E-state index in [0.29, 0.717) is 21.9 Å². The lowest BCUT2D eigenvalue weighted by Crippen LogP contribution is -2.23. The number of carbonyl (C=O) groups excluding carboxylic acids is 1. The quantitative estimate of drug-likeness (QED) is 0.481. The predicted octanol–water partition coefficient (Wildman–Crippen LogP) is 4.10. The van der Waals surface area contributed by atoms with Crippen LogP contribution in [0, 0.1) is 0 Å². The van der Waals surface area contributed by atoms with E-state index in [-0.39, 0.29) is 18.2 Å². The molecule has 11 heteroatoms. The van der Waals surface area contributed by atoms with E-state index < -0.39 is 6.36 Å². The molecule has 0 aliphatic heterocycles. The first-order chi connectivity index (χ1) is 14.9. The Morgan fingerprint density at radius 2 is 1.97 bits per heavy atom. The molecular weight excluding hydrogens is 431 g/mol. The number of nitrogens with zero attached hydrogens (tertiary/aromatic N) is 4. The lowest BCUT2D eigenvalue weighted by Gasteiger charge is -2.10.